The lowest BCUT2D eigenvalue weighted by Gasteiger charge is -2.03. The van der Waals surface area contributed by atoms with Gasteiger partial charge in [-0.1, -0.05) is 46.9 Å². The van der Waals surface area contributed by atoms with Crippen molar-refractivity contribution in [2.75, 3.05) is 0 Å². The third-order valence-electron chi connectivity index (χ3n) is 2.61. The molecule has 0 radical (unpaired) electrons. The normalized spacial score (nSPS) is 10.9. The van der Waals surface area contributed by atoms with Crippen LogP contribution in [-0.2, 0) is 0 Å². The maximum atomic E-state index is 9.30. The molecule has 0 spiro atoms. The smallest absolute Gasteiger partial charge is 0.133 e. The first kappa shape index (κ1) is 14.0. The number of nitrogens with zero attached hydrogens (tertiary/aromatic N) is 2. The predicted molar refractivity (Wildman–Crippen MR) is 80.6 cm³/mol. The molecular formula is C14H9Cl3N2. The molecule has 0 N–H and O–H groups in total. The second-order valence-electron chi connectivity index (χ2n) is 3.83. The van der Waals surface area contributed by atoms with E-state index >= 15 is 0 Å². The van der Waals surface area contributed by atoms with E-state index in [1.54, 1.807) is 35.2 Å². The Labute approximate surface area is 126 Å². The van der Waals surface area contributed by atoms with Crippen molar-refractivity contribution in [2.24, 2.45) is 0 Å². The van der Waals surface area contributed by atoms with Gasteiger partial charge >= 0.3 is 0 Å². The Bertz CT molecular complexity index is 693. The first-order valence-electron chi connectivity index (χ1n) is 5.47. The van der Waals surface area contributed by atoms with E-state index in [0.29, 0.717) is 26.3 Å². The first-order chi connectivity index (χ1) is 9.08. The Morgan fingerprint density at radius 3 is 2.47 bits per heavy atom. The fraction of sp³-hybridized carbons (Fsp3) is 0.0714. The summed E-state index contributed by atoms with van der Waals surface area (Å²) in [5.74, 6) is 0. The minimum Gasteiger partial charge on any atom is -0.313 e. The summed E-state index contributed by atoms with van der Waals surface area (Å²) in [4.78, 5) is 0. The lowest BCUT2D eigenvalue weighted by molar-refractivity contribution is 1.13. The molecule has 0 aliphatic carbocycles. The van der Waals surface area contributed by atoms with Gasteiger partial charge in [0.15, 0.2) is 0 Å². The zero-order valence-corrected chi connectivity index (χ0v) is 12.3. The largest absolute Gasteiger partial charge is 0.313 e. The van der Waals surface area contributed by atoms with Crippen molar-refractivity contribution in [1.82, 2.24) is 4.57 Å². The summed E-state index contributed by atoms with van der Waals surface area (Å²) >= 11 is 18.1. The third-order valence-corrected chi connectivity index (χ3v) is 3.64. The first-order valence-corrected chi connectivity index (χ1v) is 6.60. The molecule has 1 aromatic carbocycles. The van der Waals surface area contributed by atoms with E-state index in [0.717, 1.165) is 5.56 Å². The van der Waals surface area contributed by atoms with Gasteiger partial charge in [0.25, 0.3) is 0 Å². The molecule has 0 aliphatic heterocycles. The van der Waals surface area contributed by atoms with Crippen LogP contribution >= 0.6 is 34.8 Å². The maximum absolute atomic E-state index is 9.30. The molecule has 5 heteroatoms. The van der Waals surface area contributed by atoms with Gasteiger partial charge in [0.2, 0.25) is 0 Å². The zero-order valence-electron chi connectivity index (χ0n) is 9.99. The predicted octanol–water partition coefficient (Wildman–Crippen LogP) is 5.48. The van der Waals surface area contributed by atoms with Gasteiger partial charge in [0.1, 0.15) is 11.8 Å². The summed E-state index contributed by atoms with van der Waals surface area (Å²) in [5.41, 5.74) is 1.88. The van der Waals surface area contributed by atoms with Crippen molar-refractivity contribution in [3.05, 3.63) is 51.2 Å². The highest BCUT2D eigenvalue weighted by atomic mass is 35.5. The standard InChI is InChI=1S/C14H9Cl3N2/c1-2-5-19-8-12(17)14(13(19)7-18)9-3-4-10(15)11(16)6-9/h2-6,8H,1H3/b5-2-. The minimum absolute atomic E-state index is 0.429. The van der Waals surface area contributed by atoms with E-state index in [1.165, 1.54) is 0 Å². The molecule has 0 atom stereocenters. The molecule has 0 unspecified atom stereocenters. The van der Waals surface area contributed by atoms with E-state index in [4.69, 9.17) is 34.8 Å². The molecule has 1 aromatic heterocycles. The monoisotopic (exact) mass is 310 g/mol. The van der Waals surface area contributed by atoms with Crippen LogP contribution in [0.1, 0.15) is 12.6 Å². The van der Waals surface area contributed by atoms with Crippen molar-refractivity contribution >= 4 is 41.0 Å². The van der Waals surface area contributed by atoms with E-state index in [2.05, 4.69) is 6.07 Å². The van der Waals surface area contributed by atoms with Crippen molar-refractivity contribution < 1.29 is 0 Å². The van der Waals surface area contributed by atoms with Gasteiger partial charge < -0.3 is 4.57 Å². The van der Waals surface area contributed by atoms with E-state index in [-0.39, 0.29) is 0 Å². The van der Waals surface area contributed by atoms with Crippen LogP contribution < -0.4 is 0 Å². The molecule has 2 rings (SSSR count). The lowest BCUT2D eigenvalue weighted by atomic mass is 10.1. The summed E-state index contributed by atoms with van der Waals surface area (Å²) < 4.78 is 1.68. The SMILES string of the molecule is C/C=C\n1cc(Cl)c(-c2ccc(Cl)c(Cl)c2)c1C#N. The van der Waals surface area contributed by atoms with Crippen molar-refractivity contribution in [3.63, 3.8) is 0 Å². The van der Waals surface area contributed by atoms with Gasteiger partial charge in [-0.2, -0.15) is 5.26 Å². The second kappa shape index (κ2) is 5.71. The number of benzene rings is 1. The molecule has 1 heterocycles. The zero-order chi connectivity index (χ0) is 14.0. The van der Waals surface area contributed by atoms with Gasteiger partial charge in [-0.05, 0) is 24.6 Å². The topological polar surface area (TPSA) is 28.7 Å². The highest BCUT2D eigenvalue weighted by Crippen LogP contribution is 2.36. The Kier molecular flexibility index (Phi) is 4.21. The number of allylic oxidation sites excluding steroid dienone is 1. The summed E-state index contributed by atoms with van der Waals surface area (Å²) in [5, 5.41) is 10.7. The molecular weight excluding hydrogens is 303 g/mol. The summed E-state index contributed by atoms with van der Waals surface area (Å²) in [7, 11) is 0. The van der Waals surface area contributed by atoms with Crippen LogP contribution in [0.25, 0.3) is 17.3 Å². The molecule has 0 saturated carbocycles. The Morgan fingerprint density at radius 2 is 1.89 bits per heavy atom. The molecule has 96 valence electrons. The van der Waals surface area contributed by atoms with Crippen LogP contribution in [0.4, 0.5) is 0 Å². The summed E-state index contributed by atoms with van der Waals surface area (Å²) in [6.07, 6.45) is 5.29. The lowest BCUT2D eigenvalue weighted by Crippen LogP contribution is -1.89. The molecule has 2 nitrogen and oxygen atoms in total. The van der Waals surface area contributed by atoms with Gasteiger partial charge in [-0.15, -0.1) is 0 Å². The Morgan fingerprint density at radius 1 is 1.16 bits per heavy atom. The number of hydrogen-bond donors (Lipinski definition) is 0. The van der Waals surface area contributed by atoms with Gasteiger partial charge in [-0.3, -0.25) is 0 Å². The van der Waals surface area contributed by atoms with Crippen LogP contribution in [0.3, 0.4) is 0 Å². The van der Waals surface area contributed by atoms with Crippen LogP contribution in [0.2, 0.25) is 15.1 Å². The second-order valence-corrected chi connectivity index (χ2v) is 5.05. The van der Waals surface area contributed by atoms with Crippen LogP contribution in [0, 0.1) is 11.3 Å². The molecule has 0 saturated heterocycles. The fourth-order valence-electron chi connectivity index (χ4n) is 1.81. The summed E-state index contributed by atoms with van der Waals surface area (Å²) in [6, 6.07) is 7.33. The van der Waals surface area contributed by atoms with Crippen molar-refractivity contribution in [2.45, 2.75) is 6.92 Å². The quantitative estimate of drug-likeness (QED) is 0.722. The van der Waals surface area contributed by atoms with E-state index in [9.17, 15) is 5.26 Å². The number of aromatic nitrogens is 1. The molecule has 0 fully saturated rings. The summed E-state index contributed by atoms with van der Waals surface area (Å²) in [6.45, 7) is 1.87. The Hall–Kier alpha value is -1.40. The van der Waals surface area contributed by atoms with E-state index < -0.39 is 0 Å². The van der Waals surface area contributed by atoms with Crippen LogP contribution in [0.5, 0.6) is 0 Å². The number of hydrogen-bond acceptors (Lipinski definition) is 1. The molecule has 0 amide bonds. The number of halogens is 3. The average Bonchev–Trinajstić information content (AvgIpc) is 2.69. The van der Waals surface area contributed by atoms with Crippen molar-refractivity contribution in [1.29, 1.82) is 5.26 Å². The number of nitriles is 1. The van der Waals surface area contributed by atoms with Crippen LogP contribution in [-0.4, -0.2) is 4.57 Å². The van der Waals surface area contributed by atoms with Crippen LogP contribution in [0.15, 0.2) is 30.5 Å². The van der Waals surface area contributed by atoms with Gasteiger partial charge in [0, 0.05) is 18.0 Å². The molecule has 2 aromatic rings. The van der Waals surface area contributed by atoms with Gasteiger partial charge in [0.05, 0.1) is 15.1 Å². The average molecular weight is 312 g/mol. The fourth-order valence-corrected chi connectivity index (χ4v) is 2.41. The van der Waals surface area contributed by atoms with Gasteiger partial charge in [-0.25, -0.2) is 0 Å². The number of rotatable bonds is 2. The Balaban J connectivity index is 2.68. The highest BCUT2D eigenvalue weighted by Gasteiger charge is 2.16. The highest BCUT2D eigenvalue weighted by molar-refractivity contribution is 6.42. The van der Waals surface area contributed by atoms with E-state index in [1.807, 2.05) is 13.0 Å². The molecule has 0 aliphatic rings. The minimum atomic E-state index is 0.429. The maximum Gasteiger partial charge on any atom is 0.133 e. The third kappa shape index (κ3) is 2.64. The molecule has 0 bridgehead atoms. The molecule has 19 heavy (non-hydrogen) atoms. The van der Waals surface area contributed by atoms with Crippen molar-refractivity contribution in [3.8, 4) is 17.2 Å².